The third-order valence-corrected chi connectivity index (χ3v) is 6.83. The molecular weight excluding hydrogens is 340 g/mol. The van der Waals surface area contributed by atoms with Gasteiger partial charge in [-0.2, -0.15) is 0 Å². The van der Waals surface area contributed by atoms with Gasteiger partial charge in [-0.15, -0.1) is 0 Å². The molecule has 1 aromatic rings. The fraction of sp³-hybridized carbons (Fsp3) is 0.500. The van der Waals surface area contributed by atoms with E-state index in [1.54, 1.807) is 25.2 Å². The molecule has 9 heteroatoms. The van der Waals surface area contributed by atoms with Crippen LogP contribution in [0.5, 0.6) is 0 Å². The number of hydrogen-bond donors (Lipinski definition) is 3. The summed E-state index contributed by atoms with van der Waals surface area (Å²) in [7, 11) is -2.02. The lowest BCUT2D eigenvalue weighted by Gasteiger charge is -2.38. The average molecular weight is 358 g/mol. The summed E-state index contributed by atoms with van der Waals surface area (Å²) in [4.78, 5) is 4.16. The minimum Gasteiger partial charge on any atom is -0.388 e. The first-order valence-electron chi connectivity index (χ1n) is 7.12. The molecule has 0 saturated carbocycles. The van der Waals surface area contributed by atoms with Gasteiger partial charge in [-0.25, -0.2) is 8.42 Å². The van der Waals surface area contributed by atoms with Gasteiger partial charge in [0.2, 0.25) is 0 Å². The minimum atomic E-state index is -3.62. The van der Waals surface area contributed by atoms with Crippen LogP contribution in [0, 0.1) is 0 Å². The second kappa shape index (κ2) is 6.40. The summed E-state index contributed by atoms with van der Waals surface area (Å²) in [5, 5.41) is 24.0. The van der Waals surface area contributed by atoms with Crippen LogP contribution in [-0.2, 0) is 14.6 Å². The molecule has 0 aromatic heterocycles. The SMILES string of the molecule is CN=C1N[C@@H]2[C@@H](O)[C@H](O)[C@@H](CS(=O)(=O)c3ccccc3)O[C@@H]2S1. The van der Waals surface area contributed by atoms with E-state index in [1.165, 1.54) is 23.9 Å². The van der Waals surface area contributed by atoms with Gasteiger partial charge in [-0.05, 0) is 12.1 Å². The zero-order chi connectivity index (χ0) is 16.6. The van der Waals surface area contributed by atoms with Crippen LogP contribution in [0.2, 0.25) is 0 Å². The monoisotopic (exact) mass is 358 g/mol. The number of amidine groups is 1. The highest BCUT2D eigenvalue weighted by Crippen LogP contribution is 2.34. The maximum absolute atomic E-state index is 12.4. The largest absolute Gasteiger partial charge is 0.388 e. The van der Waals surface area contributed by atoms with Crippen molar-refractivity contribution in [2.24, 2.45) is 4.99 Å². The Balaban J connectivity index is 1.79. The van der Waals surface area contributed by atoms with E-state index in [1.807, 2.05) is 0 Å². The van der Waals surface area contributed by atoms with E-state index in [0.29, 0.717) is 5.17 Å². The molecule has 0 radical (unpaired) electrons. The van der Waals surface area contributed by atoms with E-state index < -0.39 is 45.4 Å². The summed E-state index contributed by atoms with van der Waals surface area (Å²) in [5.74, 6) is -0.391. The van der Waals surface area contributed by atoms with Gasteiger partial charge < -0.3 is 20.3 Å². The Morgan fingerprint density at radius 3 is 2.61 bits per heavy atom. The second-order valence-corrected chi connectivity index (χ2v) is 8.56. The van der Waals surface area contributed by atoms with Crippen LogP contribution < -0.4 is 5.32 Å². The molecule has 3 rings (SSSR count). The van der Waals surface area contributed by atoms with Crippen molar-refractivity contribution in [2.75, 3.05) is 12.8 Å². The van der Waals surface area contributed by atoms with Crippen molar-refractivity contribution in [3.05, 3.63) is 30.3 Å². The number of aliphatic imine (C=N–C) groups is 1. The predicted molar refractivity (Wildman–Crippen MR) is 87.0 cm³/mol. The molecule has 0 bridgehead atoms. The summed E-state index contributed by atoms with van der Waals surface area (Å²) in [6.45, 7) is 0. The number of sulfone groups is 1. The Labute approximate surface area is 138 Å². The number of rotatable bonds is 3. The number of thioether (sulfide) groups is 1. The number of aliphatic hydroxyl groups excluding tert-OH is 2. The van der Waals surface area contributed by atoms with Gasteiger partial charge in [0.25, 0.3) is 0 Å². The van der Waals surface area contributed by atoms with Crippen LogP contribution in [0.4, 0.5) is 0 Å². The van der Waals surface area contributed by atoms with Crippen molar-refractivity contribution < 1.29 is 23.4 Å². The zero-order valence-electron chi connectivity index (χ0n) is 12.4. The van der Waals surface area contributed by atoms with Gasteiger partial charge in [0.05, 0.1) is 16.7 Å². The standard InChI is InChI=1S/C14H18N2O5S2/c1-15-14-16-10-12(18)11(17)9(21-13(10)22-14)7-23(19,20)8-5-3-2-4-6-8/h2-6,9-13,17-18H,7H2,1H3,(H,15,16)/t9-,10-,11-,12-,13-/m1/s1. The highest BCUT2D eigenvalue weighted by molar-refractivity contribution is 8.14. The van der Waals surface area contributed by atoms with Gasteiger partial charge in [-0.1, -0.05) is 30.0 Å². The van der Waals surface area contributed by atoms with E-state index in [2.05, 4.69) is 10.3 Å². The molecule has 2 aliphatic heterocycles. The Morgan fingerprint density at radius 2 is 1.96 bits per heavy atom. The summed E-state index contributed by atoms with van der Waals surface area (Å²) < 4.78 is 30.6. The lowest BCUT2D eigenvalue weighted by Crippen LogP contribution is -2.60. The van der Waals surface area contributed by atoms with Crippen molar-refractivity contribution in [3.63, 3.8) is 0 Å². The Morgan fingerprint density at radius 1 is 1.26 bits per heavy atom. The van der Waals surface area contributed by atoms with Crippen LogP contribution in [0.15, 0.2) is 40.2 Å². The molecule has 2 fully saturated rings. The summed E-state index contributed by atoms with van der Waals surface area (Å²) in [6, 6.07) is 7.48. The molecule has 0 spiro atoms. The lowest BCUT2D eigenvalue weighted by molar-refractivity contribution is -0.147. The molecule has 126 valence electrons. The first-order valence-corrected chi connectivity index (χ1v) is 9.65. The first-order chi connectivity index (χ1) is 10.9. The van der Waals surface area contributed by atoms with Crippen molar-refractivity contribution in [1.82, 2.24) is 5.32 Å². The van der Waals surface area contributed by atoms with Crippen LogP contribution >= 0.6 is 11.8 Å². The topological polar surface area (TPSA) is 108 Å². The maximum atomic E-state index is 12.4. The molecule has 2 saturated heterocycles. The number of nitrogens with zero attached hydrogens (tertiary/aromatic N) is 1. The highest BCUT2D eigenvalue weighted by atomic mass is 32.2. The molecule has 0 aliphatic carbocycles. The van der Waals surface area contributed by atoms with Gasteiger partial charge >= 0.3 is 0 Å². The zero-order valence-corrected chi connectivity index (χ0v) is 14.0. The quantitative estimate of drug-likeness (QED) is 0.674. The molecule has 23 heavy (non-hydrogen) atoms. The van der Waals surface area contributed by atoms with Crippen molar-refractivity contribution >= 4 is 26.8 Å². The number of fused-ring (bicyclic) bond motifs is 1. The Kier molecular flexibility index (Phi) is 4.65. The number of hydrogen-bond acceptors (Lipinski definition) is 7. The summed E-state index contributed by atoms with van der Waals surface area (Å²) >= 11 is 1.28. The van der Waals surface area contributed by atoms with Gasteiger partial charge in [0.1, 0.15) is 23.7 Å². The fourth-order valence-corrected chi connectivity index (χ4v) is 5.24. The number of nitrogens with one attached hydrogen (secondary N) is 1. The molecule has 3 N–H and O–H groups in total. The summed E-state index contributed by atoms with van der Waals surface area (Å²) in [6.07, 6.45) is -3.42. The number of benzene rings is 1. The van der Waals surface area contributed by atoms with Crippen LogP contribution in [-0.4, -0.2) is 66.4 Å². The maximum Gasteiger partial charge on any atom is 0.181 e. The van der Waals surface area contributed by atoms with Crippen LogP contribution in [0.1, 0.15) is 0 Å². The molecule has 2 aliphatic rings. The second-order valence-electron chi connectivity index (χ2n) is 5.44. The third kappa shape index (κ3) is 3.24. The number of ether oxygens (including phenoxy) is 1. The van der Waals surface area contributed by atoms with Crippen molar-refractivity contribution in [1.29, 1.82) is 0 Å². The van der Waals surface area contributed by atoms with Crippen molar-refractivity contribution in [3.8, 4) is 0 Å². The normalized spacial score (nSPS) is 35.8. The van der Waals surface area contributed by atoms with E-state index in [4.69, 9.17) is 4.74 Å². The molecule has 5 atom stereocenters. The first kappa shape index (κ1) is 16.7. The van der Waals surface area contributed by atoms with E-state index >= 15 is 0 Å². The molecular formula is C14H18N2O5S2. The van der Waals surface area contributed by atoms with Gasteiger partial charge in [0.15, 0.2) is 15.0 Å². The Hall–Kier alpha value is -1.13. The average Bonchev–Trinajstić information content (AvgIpc) is 2.96. The van der Waals surface area contributed by atoms with E-state index in [9.17, 15) is 18.6 Å². The smallest absolute Gasteiger partial charge is 0.181 e. The lowest BCUT2D eigenvalue weighted by atomic mass is 9.99. The van der Waals surface area contributed by atoms with E-state index in [-0.39, 0.29) is 4.90 Å². The van der Waals surface area contributed by atoms with Gasteiger partial charge in [-0.3, -0.25) is 4.99 Å². The number of aliphatic hydroxyl groups is 2. The fourth-order valence-electron chi connectivity index (χ4n) is 2.67. The third-order valence-electron chi connectivity index (χ3n) is 3.91. The molecule has 1 aromatic carbocycles. The molecule has 7 nitrogen and oxygen atoms in total. The van der Waals surface area contributed by atoms with Gasteiger partial charge in [0, 0.05) is 7.05 Å². The molecule has 0 unspecified atom stereocenters. The van der Waals surface area contributed by atoms with Crippen molar-refractivity contribution in [2.45, 2.75) is 34.7 Å². The van der Waals surface area contributed by atoms with E-state index in [0.717, 1.165) is 0 Å². The Bertz CT molecular complexity index is 694. The van der Waals surface area contributed by atoms with Crippen LogP contribution in [0.25, 0.3) is 0 Å². The molecule has 0 amide bonds. The predicted octanol–water partition coefficient (Wildman–Crippen LogP) is -0.402. The molecule has 2 heterocycles. The van der Waals surface area contributed by atoms with Crippen LogP contribution in [0.3, 0.4) is 0 Å². The highest BCUT2D eigenvalue weighted by Gasteiger charge is 2.49. The summed E-state index contributed by atoms with van der Waals surface area (Å²) in [5.41, 5.74) is -0.483. The minimum absolute atomic E-state index is 0.167.